The lowest BCUT2D eigenvalue weighted by molar-refractivity contribution is -0.142. The molecular weight excluding hydrogens is 246 g/mol. The van der Waals surface area contributed by atoms with E-state index in [1.165, 1.54) is 7.11 Å². The molecule has 0 saturated carbocycles. The van der Waals surface area contributed by atoms with Gasteiger partial charge < -0.3 is 15.4 Å². The Morgan fingerprint density at radius 2 is 2.11 bits per heavy atom. The van der Waals surface area contributed by atoms with Gasteiger partial charge in [-0.15, -0.1) is 0 Å². The molecule has 19 heavy (non-hydrogen) atoms. The third-order valence-corrected chi connectivity index (χ3v) is 2.43. The van der Waals surface area contributed by atoms with Gasteiger partial charge in [0.25, 0.3) is 0 Å². The Hall–Kier alpha value is -2.11. The summed E-state index contributed by atoms with van der Waals surface area (Å²) in [6.45, 7) is 1.30. The highest BCUT2D eigenvalue weighted by Crippen LogP contribution is 1.99. The largest absolute Gasteiger partial charge is 0.469 e. The van der Waals surface area contributed by atoms with Gasteiger partial charge in [0.1, 0.15) is 5.82 Å². The molecule has 1 rings (SSSR count). The van der Waals surface area contributed by atoms with Gasteiger partial charge in [-0.05, 0) is 18.6 Å². The van der Waals surface area contributed by atoms with Crippen LogP contribution in [0, 0.1) is 0 Å². The second-order valence-electron chi connectivity index (χ2n) is 3.92. The number of carbonyl (C=O) groups excluding carboxylic acids is 2. The molecule has 0 aliphatic carbocycles. The Morgan fingerprint density at radius 3 is 2.79 bits per heavy atom. The van der Waals surface area contributed by atoms with Gasteiger partial charge in [-0.3, -0.25) is 9.59 Å². The summed E-state index contributed by atoms with van der Waals surface area (Å²) in [6, 6.07) is 5.64. The predicted octanol–water partition coefficient (Wildman–Crippen LogP) is 0.953. The first-order valence-electron chi connectivity index (χ1n) is 6.21. The van der Waals surface area contributed by atoms with Gasteiger partial charge in [0, 0.05) is 25.7 Å². The minimum absolute atomic E-state index is 0.120. The van der Waals surface area contributed by atoms with E-state index in [1.54, 1.807) is 6.20 Å². The lowest BCUT2D eigenvalue weighted by atomic mass is 10.3. The highest BCUT2D eigenvalue weighted by molar-refractivity contribution is 5.81. The number of esters is 1. The van der Waals surface area contributed by atoms with Crippen LogP contribution in [0.15, 0.2) is 24.4 Å². The number of anilines is 1. The molecule has 1 aromatic rings. The maximum Gasteiger partial charge on any atom is 0.306 e. The summed E-state index contributed by atoms with van der Waals surface area (Å²) in [6.07, 6.45) is 2.80. The summed E-state index contributed by atoms with van der Waals surface area (Å²) >= 11 is 0. The summed E-state index contributed by atoms with van der Waals surface area (Å²) < 4.78 is 4.46. The molecule has 1 aromatic heterocycles. The number of methoxy groups -OCH3 is 1. The van der Waals surface area contributed by atoms with E-state index in [9.17, 15) is 9.59 Å². The Balaban J connectivity index is 2.01. The van der Waals surface area contributed by atoms with E-state index >= 15 is 0 Å². The van der Waals surface area contributed by atoms with E-state index in [0.29, 0.717) is 6.54 Å². The number of amides is 1. The third kappa shape index (κ3) is 7.03. The van der Waals surface area contributed by atoms with Gasteiger partial charge in [0.15, 0.2) is 0 Å². The number of pyridine rings is 1. The van der Waals surface area contributed by atoms with Gasteiger partial charge in [0.2, 0.25) is 5.91 Å². The van der Waals surface area contributed by atoms with Gasteiger partial charge >= 0.3 is 5.97 Å². The molecule has 0 aliphatic heterocycles. The van der Waals surface area contributed by atoms with E-state index in [-0.39, 0.29) is 24.7 Å². The average molecular weight is 265 g/mol. The fraction of sp³-hybridized carbons (Fsp3) is 0.462. The Morgan fingerprint density at radius 1 is 1.26 bits per heavy atom. The maximum absolute atomic E-state index is 11.3. The molecule has 2 N–H and O–H groups in total. The lowest BCUT2D eigenvalue weighted by Gasteiger charge is -2.06. The van der Waals surface area contributed by atoms with Crippen LogP contribution in [0.1, 0.15) is 19.3 Å². The summed E-state index contributed by atoms with van der Waals surface area (Å²) in [4.78, 5) is 26.3. The zero-order chi connectivity index (χ0) is 13.9. The van der Waals surface area contributed by atoms with Crippen LogP contribution in [0.2, 0.25) is 0 Å². The number of carbonyl (C=O) groups is 2. The first-order chi connectivity index (χ1) is 9.22. The maximum atomic E-state index is 11.3. The first-order valence-corrected chi connectivity index (χ1v) is 6.21. The third-order valence-electron chi connectivity index (χ3n) is 2.43. The standard InChI is InChI=1S/C13H19N3O3/c1-19-13(18)7-6-12(17)16-10-4-9-15-11-5-2-3-8-14-11/h2-3,5,8H,4,6-7,9-10H2,1H3,(H,14,15)(H,16,17). The van der Waals surface area contributed by atoms with E-state index in [0.717, 1.165) is 18.8 Å². The van der Waals surface area contributed by atoms with Crippen LogP contribution in [0.3, 0.4) is 0 Å². The van der Waals surface area contributed by atoms with Crippen LogP contribution in [0.5, 0.6) is 0 Å². The van der Waals surface area contributed by atoms with Gasteiger partial charge in [-0.25, -0.2) is 4.98 Å². The highest BCUT2D eigenvalue weighted by atomic mass is 16.5. The van der Waals surface area contributed by atoms with Gasteiger partial charge in [-0.1, -0.05) is 6.07 Å². The molecule has 1 heterocycles. The normalized spacial score (nSPS) is 9.74. The summed E-state index contributed by atoms with van der Waals surface area (Å²) in [7, 11) is 1.31. The molecule has 0 aromatic carbocycles. The van der Waals surface area contributed by atoms with Crippen molar-refractivity contribution in [3.8, 4) is 0 Å². The van der Waals surface area contributed by atoms with Crippen molar-refractivity contribution in [3.63, 3.8) is 0 Å². The lowest BCUT2D eigenvalue weighted by Crippen LogP contribution is -2.26. The van der Waals surface area contributed by atoms with Crippen molar-refractivity contribution >= 4 is 17.7 Å². The topological polar surface area (TPSA) is 80.3 Å². The number of nitrogens with one attached hydrogen (secondary N) is 2. The summed E-state index contributed by atoms with van der Waals surface area (Å²) in [5.41, 5.74) is 0. The molecule has 0 fully saturated rings. The molecule has 0 atom stereocenters. The quantitative estimate of drug-likeness (QED) is 0.540. The van der Waals surface area contributed by atoms with Crippen molar-refractivity contribution in [2.75, 3.05) is 25.5 Å². The Kier molecular flexibility index (Phi) is 7.01. The Labute approximate surface area is 112 Å². The number of nitrogens with zero attached hydrogens (tertiary/aromatic N) is 1. The minimum Gasteiger partial charge on any atom is -0.469 e. The Bertz CT molecular complexity index is 395. The van der Waals surface area contributed by atoms with Crippen LogP contribution >= 0.6 is 0 Å². The van der Waals surface area contributed by atoms with Crippen molar-refractivity contribution < 1.29 is 14.3 Å². The van der Waals surface area contributed by atoms with Gasteiger partial charge in [-0.2, -0.15) is 0 Å². The number of rotatable bonds is 8. The molecule has 6 nitrogen and oxygen atoms in total. The minimum atomic E-state index is -0.369. The SMILES string of the molecule is COC(=O)CCC(=O)NCCCNc1ccccn1. The van der Waals surface area contributed by atoms with Gasteiger partial charge in [0.05, 0.1) is 13.5 Å². The van der Waals surface area contributed by atoms with E-state index in [4.69, 9.17) is 0 Å². The van der Waals surface area contributed by atoms with Crippen LogP contribution in [-0.2, 0) is 14.3 Å². The van der Waals surface area contributed by atoms with E-state index in [1.807, 2.05) is 18.2 Å². The second-order valence-corrected chi connectivity index (χ2v) is 3.92. The molecule has 0 bridgehead atoms. The summed E-state index contributed by atoms with van der Waals surface area (Å²) in [5.74, 6) is 0.315. The molecule has 0 saturated heterocycles. The predicted molar refractivity (Wildman–Crippen MR) is 71.6 cm³/mol. The average Bonchev–Trinajstić information content (AvgIpc) is 2.45. The van der Waals surface area contributed by atoms with E-state index in [2.05, 4.69) is 20.4 Å². The zero-order valence-corrected chi connectivity index (χ0v) is 11.0. The van der Waals surface area contributed by atoms with Crippen molar-refractivity contribution in [3.05, 3.63) is 24.4 Å². The highest BCUT2D eigenvalue weighted by Gasteiger charge is 2.05. The van der Waals surface area contributed by atoms with Crippen LogP contribution < -0.4 is 10.6 Å². The molecule has 0 radical (unpaired) electrons. The fourth-order valence-corrected chi connectivity index (χ4v) is 1.41. The van der Waals surface area contributed by atoms with Crippen LogP contribution in [0.25, 0.3) is 0 Å². The molecule has 0 unspecified atom stereocenters. The summed E-state index contributed by atoms with van der Waals surface area (Å²) in [5, 5.41) is 5.88. The molecule has 1 amide bonds. The number of hydrogen-bond donors (Lipinski definition) is 2. The molecule has 104 valence electrons. The number of hydrogen-bond acceptors (Lipinski definition) is 5. The van der Waals surface area contributed by atoms with Crippen molar-refractivity contribution in [2.24, 2.45) is 0 Å². The van der Waals surface area contributed by atoms with Crippen LogP contribution in [-0.4, -0.2) is 37.1 Å². The first kappa shape index (κ1) is 14.9. The number of ether oxygens (including phenoxy) is 1. The second kappa shape index (κ2) is 8.91. The van der Waals surface area contributed by atoms with Crippen molar-refractivity contribution in [2.45, 2.75) is 19.3 Å². The van der Waals surface area contributed by atoms with Crippen molar-refractivity contribution in [1.29, 1.82) is 0 Å². The molecule has 0 aliphatic rings. The molecule has 6 heteroatoms. The van der Waals surface area contributed by atoms with Crippen molar-refractivity contribution in [1.82, 2.24) is 10.3 Å². The monoisotopic (exact) mass is 265 g/mol. The molecular formula is C13H19N3O3. The van der Waals surface area contributed by atoms with E-state index < -0.39 is 0 Å². The molecule has 0 spiro atoms. The number of aromatic nitrogens is 1. The van der Waals surface area contributed by atoms with Crippen LogP contribution in [0.4, 0.5) is 5.82 Å². The zero-order valence-electron chi connectivity index (χ0n) is 11.0. The fourth-order valence-electron chi connectivity index (χ4n) is 1.41. The smallest absolute Gasteiger partial charge is 0.306 e.